The zero-order chi connectivity index (χ0) is 10.1. The summed E-state index contributed by atoms with van der Waals surface area (Å²) in [6, 6.07) is -0.131. The molecule has 1 unspecified atom stereocenters. The van der Waals surface area contributed by atoms with E-state index >= 15 is 0 Å². The number of ketones is 1. The van der Waals surface area contributed by atoms with Crippen molar-refractivity contribution in [3.63, 3.8) is 0 Å². The van der Waals surface area contributed by atoms with E-state index in [-0.39, 0.29) is 11.8 Å². The highest BCUT2D eigenvalue weighted by Gasteiger charge is 2.08. The number of Topliss-reactive ketones (excluding diaryl/α,β-unsaturated/α-hetero) is 1. The lowest BCUT2D eigenvalue weighted by Crippen LogP contribution is -2.08. The molecule has 0 amide bonds. The molecular formula is C9H17N3O. The molecule has 4 heteroatoms. The molecule has 0 aromatic heterocycles. The van der Waals surface area contributed by atoms with E-state index in [1.807, 2.05) is 0 Å². The first-order valence-electron chi connectivity index (χ1n) is 4.74. The summed E-state index contributed by atoms with van der Waals surface area (Å²) >= 11 is 0. The fraction of sp³-hybridized carbons (Fsp3) is 0.889. The van der Waals surface area contributed by atoms with E-state index < -0.39 is 0 Å². The van der Waals surface area contributed by atoms with Crippen molar-refractivity contribution in [1.29, 1.82) is 0 Å². The van der Waals surface area contributed by atoms with Crippen molar-refractivity contribution in [2.75, 3.05) is 0 Å². The summed E-state index contributed by atoms with van der Waals surface area (Å²) in [7, 11) is 0. The van der Waals surface area contributed by atoms with Crippen molar-refractivity contribution >= 4 is 5.78 Å². The Morgan fingerprint density at radius 1 is 1.54 bits per heavy atom. The zero-order valence-electron chi connectivity index (χ0n) is 8.36. The highest BCUT2D eigenvalue weighted by atomic mass is 16.1. The molecule has 0 saturated heterocycles. The topological polar surface area (TPSA) is 65.8 Å². The molecule has 1 atom stereocenters. The molecule has 0 fully saturated rings. The summed E-state index contributed by atoms with van der Waals surface area (Å²) in [5.74, 6) is 0.0916. The van der Waals surface area contributed by atoms with Crippen molar-refractivity contribution in [3.8, 4) is 0 Å². The van der Waals surface area contributed by atoms with Gasteiger partial charge in [-0.3, -0.25) is 0 Å². The highest BCUT2D eigenvalue weighted by molar-refractivity contribution is 5.76. The van der Waals surface area contributed by atoms with Gasteiger partial charge in [-0.1, -0.05) is 31.3 Å². The number of hydrogen-bond donors (Lipinski definition) is 0. The summed E-state index contributed by atoms with van der Waals surface area (Å²) in [5.41, 5.74) is 8.25. The van der Waals surface area contributed by atoms with Crippen LogP contribution >= 0.6 is 0 Å². The fourth-order valence-electron chi connectivity index (χ4n) is 1.24. The lowest BCUT2D eigenvalue weighted by molar-refractivity contribution is -0.117. The van der Waals surface area contributed by atoms with Gasteiger partial charge in [-0.25, -0.2) is 0 Å². The van der Waals surface area contributed by atoms with Gasteiger partial charge in [-0.15, -0.1) is 0 Å². The summed E-state index contributed by atoms with van der Waals surface area (Å²) < 4.78 is 0. The number of azide groups is 1. The van der Waals surface area contributed by atoms with Crippen LogP contribution in [0, 0.1) is 0 Å². The Morgan fingerprint density at radius 3 is 2.69 bits per heavy atom. The van der Waals surface area contributed by atoms with Crippen molar-refractivity contribution < 1.29 is 4.79 Å². The molecule has 0 heterocycles. The van der Waals surface area contributed by atoms with E-state index in [2.05, 4.69) is 16.9 Å². The Balaban J connectivity index is 3.80. The van der Waals surface area contributed by atoms with Gasteiger partial charge in [0.05, 0.1) is 0 Å². The van der Waals surface area contributed by atoms with Crippen LogP contribution < -0.4 is 0 Å². The van der Waals surface area contributed by atoms with E-state index in [9.17, 15) is 4.79 Å². The third-order valence-electron chi connectivity index (χ3n) is 1.88. The average molecular weight is 183 g/mol. The number of carbonyl (C=O) groups excluding carboxylic acids is 1. The van der Waals surface area contributed by atoms with Gasteiger partial charge in [0.25, 0.3) is 0 Å². The number of unbranched alkanes of at least 4 members (excludes halogenated alkanes) is 2. The van der Waals surface area contributed by atoms with Crippen LogP contribution in [0.2, 0.25) is 0 Å². The van der Waals surface area contributed by atoms with E-state index in [1.165, 1.54) is 6.92 Å². The number of nitrogens with zero attached hydrogens (tertiary/aromatic N) is 3. The lowest BCUT2D eigenvalue weighted by Gasteiger charge is -2.07. The Hall–Kier alpha value is -1.02. The largest absolute Gasteiger partial charge is 0.300 e. The second kappa shape index (κ2) is 7.62. The van der Waals surface area contributed by atoms with Gasteiger partial charge < -0.3 is 4.79 Å². The Bertz CT molecular complexity index is 197. The van der Waals surface area contributed by atoms with Gasteiger partial charge >= 0.3 is 0 Å². The summed E-state index contributed by atoms with van der Waals surface area (Å²) in [6.07, 6.45) is 4.52. The van der Waals surface area contributed by atoms with E-state index in [4.69, 9.17) is 5.53 Å². The number of hydrogen-bond acceptors (Lipinski definition) is 2. The molecule has 0 radical (unpaired) electrons. The first-order chi connectivity index (χ1) is 6.20. The van der Waals surface area contributed by atoms with Crippen molar-refractivity contribution in [2.24, 2.45) is 5.11 Å². The summed E-state index contributed by atoms with van der Waals surface area (Å²) in [4.78, 5) is 13.5. The molecule has 0 aliphatic carbocycles. The van der Waals surface area contributed by atoms with Gasteiger partial charge in [0.2, 0.25) is 0 Å². The van der Waals surface area contributed by atoms with E-state index in [0.717, 1.165) is 25.7 Å². The summed E-state index contributed by atoms with van der Waals surface area (Å²) in [6.45, 7) is 3.65. The molecule has 0 spiro atoms. The van der Waals surface area contributed by atoms with E-state index in [0.29, 0.717) is 6.42 Å². The Kier molecular flexibility index (Phi) is 7.02. The van der Waals surface area contributed by atoms with Crippen LogP contribution in [0.3, 0.4) is 0 Å². The minimum Gasteiger partial charge on any atom is -0.300 e. The van der Waals surface area contributed by atoms with Crippen LogP contribution in [0.1, 0.15) is 46.0 Å². The average Bonchev–Trinajstić information content (AvgIpc) is 2.04. The standard InChI is InChI=1S/C9H17N3O/c1-3-4-5-6-9(11-12-10)7-8(2)13/h9H,3-7H2,1-2H3. The van der Waals surface area contributed by atoms with Crippen molar-refractivity contribution in [3.05, 3.63) is 10.4 Å². The Labute approximate surface area is 79.0 Å². The van der Waals surface area contributed by atoms with Crippen LogP contribution in [-0.2, 0) is 4.79 Å². The number of carbonyl (C=O) groups is 1. The van der Waals surface area contributed by atoms with Gasteiger partial charge in [0, 0.05) is 17.4 Å². The number of rotatable bonds is 7. The molecule has 4 nitrogen and oxygen atoms in total. The Morgan fingerprint density at radius 2 is 2.23 bits per heavy atom. The van der Waals surface area contributed by atoms with Gasteiger partial charge in [0.15, 0.2) is 0 Å². The third-order valence-corrected chi connectivity index (χ3v) is 1.88. The highest BCUT2D eigenvalue weighted by Crippen LogP contribution is 2.10. The maximum absolute atomic E-state index is 10.8. The third kappa shape index (κ3) is 7.34. The molecule has 74 valence electrons. The van der Waals surface area contributed by atoms with E-state index in [1.54, 1.807) is 0 Å². The lowest BCUT2D eigenvalue weighted by atomic mass is 10.0. The first-order valence-corrected chi connectivity index (χ1v) is 4.74. The smallest absolute Gasteiger partial charge is 0.130 e. The maximum Gasteiger partial charge on any atom is 0.130 e. The zero-order valence-corrected chi connectivity index (χ0v) is 8.36. The molecule has 0 aliphatic heterocycles. The van der Waals surface area contributed by atoms with Gasteiger partial charge in [-0.2, -0.15) is 0 Å². The second-order valence-electron chi connectivity index (χ2n) is 3.26. The summed E-state index contributed by atoms with van der Waals surface area (Å²) in [5, 5.41) is 3.60. The molecule has 0 rings (SSSR count). The monoisotopic (exact) mass is 183 g/mol. The van der Waals surface area contributed by atoms with Crippen LogP contribution in [0.25, 0.3) is 10.4 Å². The first kappa shape index (κ1) is 12.0. The van der Waals surface area contributed by atoms with Crippen LogP contribution in [0.4, 0.5) is 0 Å². The van der Waals surface area contributed by atoms with Crippen molar-refractivity contribution in [2.45, 2.75) is 52.0 Å². The molecule has 13 heavy (non-hydrogen) atoms. The molecule has 0 aromatic rings. The maximum atomic E-state index is 10.8. The normalized spacial score (nSPS) is 11.8. The predicted octanol–water partition coefficient (Wildman–Crippen LogP) is 3.22. The molecule has 0 bridgehead atoms. The minimum absolute atomic E-state index is 0.0916. The minimum atomic E-state index is -0.131. The van der Waals surface area contributed by atoms with Crippen LogP contribution in [0.15, 0.2) is 5.11 Å². The van der Waals surface area contributed by atoms with Gasteiger partial charge in [-0.05, 0) is 18.9 Å². The molecular weight excluding hydrogens is 166 g/mol. The van der Waals surface area contributed by atoms with Crippen LogP contribution in [0.5, 0.6) is 0 Å². The molecule has 0 saturated carbocycles. The molecule has 0 aliphatic rings. The molecule has 0 N–H and O–H groups in total. The SMILES string of the molecule is CCCCCC(CC(C)=O)N=[N+]=[N-]. The quantitative estimate of drug-likeness (QED) is 0.258. The van der Waals surface area contributed by atoms with Crippen molar-refractivity contribution in [1.82, 2.24) is 0 Å². The molecule has 0 aromatic carbocycles. The fourth-order valence-corrected chi connectivity index (χ4v) is 1.24. The van der Waals surface area contributed by atoms with Gasteiger partial charge in [0.1, 0.15) is 5.78 Å². The predicted molar refractivity (Wildman–Crippen MR) is 52.4 cm³/mol. The second-order valence-corrected chi connectivity index (χ2v) is 3.26. The van der Waals surface area contributed by atoms with Crippen LogP contribution in [-0.4, -0.2) is 11.8 Å².